The van der Waals surface area contributed by atoms with Crippen LogP contribution in [-0.4, -0.2) is 23.1 Å². The summed E-state index contributed by atoms with van der Waals surface area (Å²) in [5.41, 5.74) is 14.6. The molecule has 2 nitrogen and oxygen atoms in total. The van der Waals surface area contributed by atoms with E-state index in [0.29, 0.717) is 0 Å². The molecule has 0 saturated carbocycles. The van der Waals surface area contributed by atoms with Gasteiger partial charge >= 0.3 is 23.1 Å². The number of hydrogen-bond acceptors (Lipinski definition) is 0. The van der Waals surface area contributed by atoms with Crippen LogP contribution in [0.5, 0.6) is 0 Å². The Hall–Kier alpha value is -0.414. The van der Waals surface area contributed by atoms with Gasteiger partial charge in [0.05, 0.1) is 0 Å². The first-order valence-electron chi connectivity index (χ1n) is 2.33. The van der Waals surface area contributed by atoms with E-state index in [-0.39, 0.29) is 34.4 Å². The molecule has 1 rings (SSSR count). The van der Waals surface area contributed by atoms with Crippen molar-refractivity contribution in [3.05, 3.63) is 35.7 Å². The number of nitrogens with one attached hydrogen (secondary N) is 2. The van der Waals surface area contributed by atoms with Crippen LogP contribution in [0.3, 0.4) is 0 Å². The fraction of sp³-hybridized carbons (Fsp3) is 0. The van der Waals surface area contributed by atoms with Crippen LogP contribution in [0, 0.1) is 0 Å². The minimum absolute atomic E-state index is 0. The molecule has 2 N–H and O–H groups in total. The molecule has 0 aliphatic carbocycles. The van der Waals surface area contributed by atoms with E-state index in [1.807, 2.05) is 0 Å². The number of hydrogen-bond donors (Lipinski definition) is 0. The van der Waals surface area contributed by atoms with Crippen LogP contribution in [0.25, 0.3) is 11.5 Å². The molecule has 0 atom stereocenters. The molecule has 0 spiro atoms. The first kappa shape index (κ1) is 8.59. The Morgan fingerprint density at radius 1 is 0.889 bits per heavy atom. The van der Waals surface area contributed by atoms with Crippen molar-refractivity contribution >= 4 is 34.4 Å². The van der Waals surface area contributed by atoms with E-state index in [9.17, 15) is 0 Å². The molecule has 3 heteroatoms. The van der Waals surface area contributed by atoms with Gasteiger partial charge in [0.1, 0.15) is 0 Å². The summed E-state index contributed by atoms with van der Waals surface area (Å²) in [6, 6.07) is 6.70. The summed E-state index contributed by atoms with van der Waals surface area (Å²) < 4.78 is 0. The zero-order chi connectivity index (χ0) is 5.98. The molecule has 0 heterocycles. The van der Waals surface area contributed by atoms with Crippen LogP contribution in [0.4, 0.5) is 11.4 Å². The second-order valence-corrected chi connectivity index (χ2v) is 1.55. The number of rotatable bonds is 0. The summed E-state index contributed by atoms with van der Waals surface area (Å²) in [7, 11) is 0. The molecule has 0 radical (unpaired) electrons. The van der Waals surface area contributed by atoms with Crippen molar-refractivity contribution in [2.24, 2.45) is 0 Å². The standard InChI is InChI=1S/C6H6N2.Mg/c7-5-3-1-2-4-6(5)8;/h1-4,7-8H;/q-2;+2. The van der Waals surface area contributed by atoms with E-state index in [1.165, 1.54) is 0 Å². The Morgan fingerprint density at radius 2 is 1.22 bits per heavy atom. The SMILES string of the molecule is [Mg+2].[NH-]c1ccccc1[NH-]. The summed E-state index contributed by atoms with van der Waals surface area (Å²) >= 11 is 0. The van der Waals surface area contributed by atoms with E-state index in [2.05, 4.69) is 0 Å². The van der Waals surface area contributed by atoms with Gasteiger partial charge < -0.3 is 11.5 Å². The average Bonchev–Trinajstić information content (AvgIpc) is 1.77. The maximum Gasteiger partial charge on any atom is 2.00 e. The van der Waals surface area contributed by atoms with E-state index in [0.717, 1.165) is 0 Å². The third-order valence-electron chi connectivity index (χ3n) is 0.927. The molecule has 1 aromatic rings. The minimum Gasteiger partial charge on any atom is -0.700 e. The maximum absolute atomic E-state index is 7.03. The van der Waals surface area contributed by atoms with Gasteiger partial charge in [-0.25, -0.2) is 0 Å². The van der Waals surface area contributed by atoms with Crippen LogP contribution in [0.15, 0.2) is 24.3 Å². The predicted molar refractivity (Wildman–Crippen MR) is 40.2 cm³/mol. The van der Waals surface area contributed by atoms with Crippen LogP contribution in [-0.2, 0) is 0 Å². The first-order chi connectivity index (χ1) is 3.80. The maximum atomic E-state index is 7.03. The topological polar surface area (TPSA) is 47.6 Å². The molecule has 1 aromatic carbocycles. The largest absolute Gasteiger partial charge is 2.00 e. The van der Waals surface area contributed by atoms with Crippen molar-refractivity contribution in [3.8, 4) is 0 Å². The predicted octanol–water partition coefficient (Wildman–Crippen LogP) is 2.67. The first-order valence-corrected chi connectivity index (χ1v) is 2.33. The molecular weight excluding hydrogens is 124 g/mol. The quantitative estimate of drug-likeness (QED) is 0.485. The Morgan fingerprint density at radius 3 is 1.44 bits per heavy atom. The van der Waals surface area contributed by atoms with Crippen molar-refractivity contribution in [1.82, 2.24) is 0 Å². The van der Waals surface area contributed by atoms with Crippen LogP contribution < -0.4 is 0 Å². The van der Waals surface area contributed by atoms with Crippen molar-refractivity contribution in [2.75, 3.05) is 0 Å². The fourth-order valence-electron chi connectivity index (χ4n) is 0.483. The van der Waals surface area contributed by atoms with Crippen LogP contribution in [0.1, 0.15) is 0 Å². The van der Waals surface area contributed by atoms with E-state index in [1.54, 1.807) is 24.3 Å². The summed E-state index contributed by atoms with van der Waals surface area (Å²) in [6.45, 7) is 0. The number of benzene rings is 1. The molecule has 0 aliphatic rings. The summed E-state index contributed by atoms with van der Waals surface area (Å²) in [4.78, 5) is 0. The molecule has 0 unspecified atom stereocenters. The molecule has 0 saturated heterocycles. The second kappa shape index (κ2) is 3.58. The molecular formula is C6H6MgN2. The van der Waals surface area contributed by atoms with Gasteiger partial charge in [-0.05, 0) is 0 Å². The van der Waals surface area contributed by atoms with Crippen molar-refractivity contribution < 1.29 is 0 Å². The van der Waals surface area contributed by atoms with Gasteiger partial charge in [0.15, 0.2) is 0 Å². The summed E-state index contributed by atoms with van der Waals surface area (Å²) in [6.07, 6.45) is 0. The van der Waals surface area contributed by atoms with Gasteiger partial charge in [-0.2, -0.15) is 11.4 Å². The molecule has 0 fully saturated rings. The molecule has 0 bridgehead atoms. The Bertz CT molecular complexity index is 167. The smallest absolute Gasteiger partial charge is 0.700 e. The Kier molecular flexibility index (Phi) is 3.42. The second-order valence-electron chi connectivity index (χ2n) is 1.55. The van der Waals surface area contributed by atoms with Gasteiger partial charge in [-0.15, -0.1) is 0 Å². The third-order valence-corrected chi connectivity index (χ3v) is 0.927. The molecule has 0 aromatic heterocycles. The molecule has 0 aliphatic heterocycles. The molecule has 9 heavy (non-hydrogen) atoms. The summed E-state index contributed by atoms with van der Waals surface area (Å²) in [5, 5.41) is 0. The van der Waals surface area contributed by atoms with Gasteiger partial charge in [-0.3, -0.25) is 0 Å². The van der Waals surface area contributed by atoms with Crippen molar-refractivity contribution in [2.45, 2.75) is 0 Å². The van der Waals surface area contributed by atoms with Gasteiger partial charge in [0.2, 0.25) is 0 Å². The summed E-state index contributed by atoms with van der Waals surface area (Å²) in [5.74, 6) is 0. The van der Waals surface area contributed by atoms with Crippen LogP contribution >= 0.6 is 0 Å². The zero-order valence-corrected chi connectivity index (χ0v) is 6.43. The van der Waals surface area contributed by atoms with Crippen molar-refractivity contribution in [3.63, 3.8) is 0 Å². The van der Waals surface area contributed by atoms with E-state index in [4.69, 9.17) is 11.5 Å². The zero-order valence-electron chi connectivity index (χ0n) is 5.02. The monoisotopic (exact) mass is 130 g/mol. The normalized spacial score (nSPS) is 8.00. The minimum atomic E-state index is 0. The fourth-order valence-corrected chi connectivity index (χ4v) is 0.483. The average molecular weight is 130 g/mol. The Labute approximate surface area is 70.4 Å². The Balaban J connectivity index is 0.000000640. The van der Waals surface area contributed by atoms with Gasteiger partial charge in [0.25, 0.3) is 0 Å². The van der Waals surface area contributed by atoms with Gasteiger partial charge in [-0.1, -0.05) is 24.3 Å². The third kappa shape index (κ3) is 2.11. The van der Waals surface area contributed by atoms with Crippen molar-refractivity contribution in [1.29, 1.82) is 0 Å². The van der Waals surface area contributed by atoms with E-state index >= 15 is 0 Å². The van der Waals surface area contributed by atoms with Gasteiger partial charge in [0, 0.05) is 0 Å². The van der Waals surface area contributed by atoms with E-state index < -0.39 is 0 Å². The van der Waals surface area contributed by atoms with Crippen LogP contribution in [0.2, 0.25) is 0 Å². The molecule has 0 amide bonds. The molecule has 42 valence electrons.